The summed E-state index contributed by atoms with van der Waals surface area (Å²) in [6, 6.07) is -1.17. The zero-order chi connectivity index (χ0) is 73.5. The number of aliphatic hydroxyl groups is 18. The largest absolute Gasteiger partial charge is 0.462 e. The summed E-state index contributed by atoms with van der Waals surface area (Å²) in [6.45, 7) is 20.2. The summed E-state index contributed by atoms with van der Waals surface area (Å²) < 4.78 is 30.6. The molecular formula is C71H132N2O24. The van der Waals surface area contributed by atoms with Crippen molar-refractivity contribution in [3.05, 3.63) is 35.5 Å². The van der Waals surface area contributed by atoms with Crippen molar-refractivity contribution in [2.45, 2.75) is 339 Å². The van der Waals surface area contributed by atoms with Crippen molar-refractivity contribution in [2.75, 3.05) is 13.2 Å². The van der Waals surface area contributed by atoms with Crippen molar-refractivity contribution >= 4 is 5.97 Å². The van der Waals surface area contributed by atoms with Crippen molar-refractivity contribution in [3.63, 3.8) is 0 Å². The van der Waals surface area contributed by atoms with Gasteiger partial charge in [0.25, 0.3) is 0 Å². The molecule has 2 saturated heterocycles. The number of allylic oxidation sites excluding steroid dienone is 1. The van der Waals surface area contributed by atoms with Crippen LogP contribution in [0.2, 0.25) is 0 Å². The minimum atomic E-state index is -1.90. The van der Waals surface area contributed by atoms with Gasteiger partial charge in [0.05, 0.1) is 104 Å². The first-order chi connectivity index (χ1) is 45.4. The summed E-state index contributed by atoms with van der Waals surface area (Å²) in [5.74, 6) is -5.94. The molecule has 3 aliphatic rings. The van der Waals surface area contributed by atoms with E-state index in [-0.39, 0.29) is 61.9 Å². The molecule has 26 nitrogen and oxygen atoms in total. The summed E-state index contributed by atoms with van der Waals surface area (Å²) in [5.41, 5.74) is 12.7. The molecule has 3 aliphatic heterocycles. The number of carbonyl (C=O) groups excluding carboxylic acids is 1. The Bertz CT molecular complexity index is 2270. The van der Waals surface area contributed by atoms with Crippen LogP contribution in [0, 0.1) is 53.3 Å². The van der Waals surface area contributed by atoms with E-state index in [1.165, 1.54) is 33.8 Å². The van der Waals surface area contributed by atoms with Gasteiger partial charge in [-0.2, -0.15) is 0 Å². The zero-order valence-electron chi connectivity index (χ0n) is 59.8. The zero-order valence-corrected chi connectivity index (χ0v) is 59.8. The van der Waals surface area contributed by atoms with Crippen molar-refractivity contribution in [3.8, 4) is 0 Å². The molecule has 0 aromatic carbocycles. The normalized spacial score (nSPS) is 43.9. The highest BCUT2D eigenvalue weighted by Crippen LogP contribution is 2.36. The molecule has 0 aromatic heterocycles. The van der Waals surface area contributed by atoms with Gasteiger partial charge in [-0.3, -0.25) is 4.79 Å². The highest BCUT2D eigenvalue weighted by atomic mass is 16.7. The van der Waals surface area contributed by atoms with Crippen LogP contribution < -0.4 is 11.5 Å². The first-order valence-corrected chi connectivity index (χ1v) is 35.8. The molecule has 3 rings (SSSR count). The Morgan fingerprint density at radius 2 is 1.05 bits per heavy atom. The number of nitrogens with two attached hydrogens (primary N) is 2. The fourth-order valence-electron chi connectivity index (χ4n) is 13.7. The topological polar surface area (TPSA) is 479 Å². The van der Waals surface area contributed by atoms with E-state index in [9.17, 15) is 96.7 Å². The number of cyclic esters (lactones) is 1. The van der Waals surface area contributed by atoms with Gasteiger partial charge in [0.15, 0.2) is 12.6 Å². The predicted molar refractivity (Wildman–Crippen MR) is 362 cm³/mol. The Kier molecular flexibility index (Phi) is 40.1. The summed E-state index contributed by atoms with van der Waals surface area (Å²) in [7, 11) is 0. The van der Waals surface area contributed by atoms with Crippen LogP contribution in [0.15, 0.2) is 35.5 Å². The van der Waals surface area contributed by atoms with Crippen LogP contribution in [0.4, 0.5) is 0 Å². The van der Waals surface area contributed by atoms with Crippen LogP contribution >= 0.6 is 0 Å². The van der Waals surface area contributed by atoms with Crippen LogP contribution in [0.1, 0.15) is 186 Å². The minimum absolute atomic E-state index is 0.0617. The van der Waals surface area contributed by atoms with E-state index in [1.54, 1.807) is 40.7 Å². The quantitative estimate of drug-likeness (QED) is 0.0655. The monoisotopic (exact) mass is 1400 g/mol. The molecule has 0 aliphatic carbocycles. The molecule has 0 aromatic rings. The molecule has 0 unspecified atom stereocenters. The van der Waals surface area contributed by atoms with E-state index in [4.69, 9.17) is 35.2 Å². The third-order valence-electron chi connectivity index (χ3n) is 21.1. The van der Waals surface area contributed by atoms with Crippen molar-refractivity contribution in [1.82, 2.24) is 0 Å². The van der Waals surface area contributed by atoms with Gasteiger partial charge >= 0.3 is 5.97 Å². The molecule has 34 atom stereocenters. The van der Waals surface area contributed by atoms with Crippen LogP contribution in [-0.4, -0.2) is 264 Å². The number of hydrogen-bond donors (Lipinski definition) is 20. The fourth-order valence-corrected chi connectivity index (χ4v) is 13.7. The Balaban J connectivity index is 2.03. The summed E-state index contributed by atoms with van der Waals surface area (Å²) >= 11 is 0. The van der Waals surface area contributed by atoms with Crippen molar-refractivity contribution < 1.29 is 120 Å². The van der Waals surface area contributed by atoms with E-state index in [1.807, 2.05) is 26.0 Å². The summed E-state index contributed by atoms with van der Waals surface area (Å²) in [6.07, 6.45) is -22.3. The van der Waals surface area contributed by atoms with Crippen LogP contribution in [0.5, 0.6) is 0 Å². The highest BCUT2D eigenvalue weighted by molar-refractivity contribution is 5.69. The van der Waals surface area contributed by atoms with E-state index >= 15 is 0 Å². The second-order valence-corrected chi connectivity index (χ2v) is 29.7. The average Bonchev–Trinajstić information content (AvgIpc) is 0.831. The number of ether oxygens (including phenoxy) is 5. The van der Waals surface area contributed by atoms with Gasteiger partial charge in [-0.05, 0) is 120 Å². The highest BCUT2D eigenvalue weighted by Gasteiger charge is 2.48. The third kappa shape index (κ3) is 28.4. The van der Waals surface area contributed by atoms with Gasteiger partial charge in [0.1, 0.15) is 42.7 Å². The lowest BCUT2D eigenvalue weighted by atomic mass is 9.81. The number of unbranched alkanes of at least 4 members (excludes halogenated alkanes) is 3. The molecule has 0 amide bonds. The molecule has 0 spiro atoms. The molecule has 0 radical (unpaired) electrons. The Morgan fingerprint density at radius 3 is 1.60 bits per heavy atom. The van der Waals surface area contributed by atoms with Gasteiger partial charge in [0.2, 0.25) is 0 Å². The predicted octanol–water partition coefficient (Wildman–Crippen LogP) is 0.981. The Morgan fingerprint density at radius 1 is 0.546 bits per heavy atom. The third-order valence-corrected chi connectivity index (χ3v) is 21.1. The van der Waals surface area contributed by atoms with E-state index in [2.05, 4.69) is 6.92 Å². The van der Waals surface area contributed by atoms with Gasteiger partial charge in [-0.15, -0.1) is 0 Å². The molecule has 97 heavy (non-hydrogen) atoms. The fraction of sp³-hybridized carbons (Fsp3) is 0.901. The van der Waals surface area contributed by atoms with E-state index < -0.39 is 214 Å². The molecular weight excluding hydrogens is 1260 g/mol. The minimum Gasteiger partial charge on any atom is -0.462 e. The molecule has 0 saturated carbocycles. The summed E-state index contributed by atoms with van der Waals surface area (Å²) in [5, 5.41) is 202. The molecule has 570 valence electrons. The van der Waals surface area contributed by atoms with Gasteiger partial charge in [-0.1, -0.05) is 112 Å². The van der Waals surface area contributed by atoms with Crippen LogP contribution in [-0.2, 0) is 28.5 Å². The van der Waals surface area contributed by atoms with E-state index in [0.717, 1.165) is 32.1 Å². The second-order valence-electron chi connectivity index (χ2n) is 29.7. The number of carbonyl (C=O) groups is 1. The van der Waals surface area contributed by atoms with E-state index in [0.29, 0.717) is 31.4 Å². The second kappa shape index (κ2) is 43.7. The maximum Gasteiger partial charge on any atom is 0.306 e. The molecule has 22 N–H and O–H groups in total. The molecule has 0 bridgehead atoms. The lowest BCUT2D eigenvalue weighted by molar-refractivity contribution is -0.314. The lowest BCUT2D eigenvalue weighted by Gasteiger charge is -2.43. The van der Waals surface area contributed by atoms with Crippen LogP contribution in [0.3, 0.4) is 0 Å². The average molecular weight is 1400 g/mol. The van der Waals surface area contributed by atoms with Gasteiger partial charge in [-0.25, -0.2) is 0 Å². The molecule has 26 heteroatoms. The standard InChI is InChI=1S/C71H132N2O24/c1-35(19-15-13-14-18-24-72)25-41(7)69-45(11)56(94-70-66(90)60(73)64(88)46(12)93-70)33-49(77)32-54(82)43(9)52(80)29-47(75)28-51(79)42(8)53(81)30-48(76)31-55(83)44(10)63(87)57(95-71-68(92)67(91)65(89)58(34-74)96-71)27-40(6)62(86)39(5)26-38(4)61(85)37(3)20-16-17-21-50(78)36(2)22-23-59(84)97-69/h16,20,26-27,35-37,39,41-58,60-71,74-83,85-92H,13-15,17-19,21-25,28-34,72-73H2,1-12H3/t35-,36-,37+,39-,41-,42-,43+,44-,45-,46-,47-,48-,49-,50+,51+,52-,53+,54+,55-,56+,57+,58-,60+,61+,62+,63+,64+,65+,66+,67+,68+,69+,70-,71+/m0/s1. The smallest absolute Gasteiger partial charge is 0.306 e. The maximum atomic E-state index is 14.2. The van der Waals surface area contributed by atoms with Crippen molar-refractivity contribution in [2.24, 2.45) is 64.7 Å². The van der Waals surface area contributed by atoms with Crippen LogP contribution in [0.25, 0.3) is 0 Å². The molecule has 3 heterocycles. The SMILES string of the molecule is CC1=C[C@H](C)[C@@H](O)C(C)=C[C@@H](O[C@@H]2O[C@@H](CO)[C@@H](O)[C@@H](O)[C@H]2O)[C@H](O)[C@@H](C)[C@@H](O)C[C@@H](O)C[C@@H](O)[C@@H](C)[C@H](O)C[C@H](O)C[C@H](O)[C@@H](C)[C@H](O)C[C@H](O)C[C@@H](O[C@@H]2O[C@@H](C)[C@@H](O)[C@@H](N)[C@H]2O)[C@H](C)[C@@H]([C@@H](C)C[C@@H](C)CCCCCCN)OC(=O)CC[C@H](C)[C@H](O)CCC=C[C@@H](C)[C@H]1O. The van der Waals surface area contributed by atoms with Crippen molar-refractivity contribution in [1.29, 1.82) is 0 Å². The Hall–Kier alpha value is -2.27. The number of hydrogen-bond acceptors (Lipinski definition) is 26. The number of esters is 1. The first-order valence-electron chi connectivity index (χ1n) is 35.8. The Labute approximate surface area is 576 Å². The lowest BCUT2D eigenvalue weighted by Crippen LogP contribution is -2.62. The summed E-state index contributed by atoms with van der Waals surface area (Å²) in [4.78, 5) is 14.2. The maximum absolute atomic E-state index is 14.2. The van der Waals surface area contributed by atoms with Gasteiger partial charge in [0, 0.05) is 48.3 Å². The number of rotatable bonds is 14. The number of aliphatic hydroxyl groups excluding tert-OH is 18. The molecule has 2 fully saturated rings. The van der Waals surface area contributed by atoms with Gasteiger partial charge < -0.3 is 127 Å². The first kappa shape index (κ1) is 88.9.